The highest BCUT2D eigenvalue weighted by Gasteiger charge is 2.45. The number of urea groups is 1. The molecule has 1 fully saturated rings. The Morgan fingerprint density at radius 1 is 0.806 bits per heavy atom. The Kier molecular flexibility index (Phi) is 14.7. The first kappa shape index (κ1) is 49.4. The van der Waals surface area contributed by atoms with Gasteiger partial charge in [-0.25, -0.2) is 9.59 Å². The quantitative estimate of drug-likeness (QED) is 0.0690. The highest BCUT2D eigenvalue weighted by Crippen LogP contribution is 2.46. The van der Waals surface area contributed by atoms with E-state index in [0.717, 1.165) is 20.1 Å². The van der Waals surface area contributed by atoms with Gasteiger partial charge < -0.3 is 39.1 Å². The third kappa shape index (κ3) is 10.4. The molecule has 3 amide bonds. The fourth-order valence-electron chi connectivity index (χ4n) is 9.08. The molecule has 16 nitrogen and oxygen atoms in total. The minimum Gasteiger partial charge on any atom is -0.508 e. The van der Waals surface area contributed by atoms with Gasteiger partial charge in [-0.3, -0.25) is 29.2 Å². The number of phenolic OH excluding ortho intramolecular Hbond substituents is 1. The molecule has 18 heteroatoms. The Bertz CT molecular complexity index is 3260. The van der Waals surface area contributed by atoms with Crippen molar-refractivity contribution in [1.82, 2.24) is 20.0 Å². The lowest BCUT2D eigenvalue weighted by molar-refractivity contribution is -0.142. The number of amidine groups is 1. The van der Waals surface area contributed by atoms with Gasteiger partial charge in [0.15, 0.2) is 5.43 Å². The Hall–Kier alpha value is -7.54. The number of nitrogens with zero attached hydrogens (tertiary/aromatic N) is 4. The first-order valence-electron chi connectivity index (χ1n) is 23.0. The summed E-state index contributed by atoms with van der Waals surface area (Å²) in [6, 6.07) is 32.7. The number of benzene rings is 6. The van der Waals surface area contributed by atoms with Crippen LogP contribution in [0, 0.1) is 0 Å². The van der Waals surface area contributed by atoms with Crippen LogP contribution >= 0.6 is 31.9 Å². The van der Waals surface area contributed by atoms with Crippen LogP contribution in [0.3, 0.4) is 0 Å². The summed E-state index contributed by atoms with van der Waals surface area (Å²) in [5.74, 6) is -0.930. The van der Waals surface area contributed by atoms with Crippen molar-refractivity contribution >= 4 is 72.5 Å². The fraction of sp³-hybridized carbons (Fsp3) is 0.222. The van der Waals surface area contributed by atoms with Crippen molar-refractivity contribution in [3.05, 3.63) is 168 Å². The van der Waals surface area contributed by atoms with Crippen LogP contribution in [0.15, 0.2) is 144 Å². The number of aromatic hydroxyl groups is 1. The summed E-state index contributed by atoms with van der Waals surface area (Å²) in [6.45, 7) is 4.00. The second-order valence-electron chi connectivity index (χ2n) is 17.0. The number of carbonyl (C=O) groups is 4. The molecule has 0 spiro atoms. The molecule has 4 aliphatic rings. The van der Waals surface area contributed by atoms with E-state index < -0.39 is 36.5 Å². The smallest absolute Gasteiger partial charge is 0.336 e. The SMILES string of the molecule is CCOc1cc(OC)ccc1C1=N[C@@H](c2ccc(Br)cc2)[C@@H](c2ccc(Br)cc2)N1C(=O)N1CCN(CCOC(=O)CNC(=O)c2ccc(C(=O)O)c(-c3c4ccc(=O)cc-4oc4cc(O)ccc34)c2)CC1. The van der Waals surface area contributed by atoms with Crippen LogP contribution in [-0.2, 0) is 9.53 Å². The number of halogens is 2. The maximum atomic E-state index is 15.1. The van der Waals surface area contributed by atoms with Crippen LogP contribution in [0.25, 0.3) is 33.4 Å². The number of amides is 3. The van der Waals surface area contributed by atoms with Crippen LogP contribution in [0.1, 0.15) is 56.4 Å². The van der Waals surface area contributed by atoms with Gasteiger partial charge in [0.25, 0.3) is 5.91 Å². The van der Waals surface area contributed by atoms with Gasteiger partial charge in [-0.1, -0.05) is 56.1 Å². The molecular formula is C54H47Br2N5O11. The Morgan fingerprint density at radius 3 is 2.21 bits per heavy atom. The largest absolute Gasteiger partial charge is 0.508 e. The number of piperazine rings is 1. The zero-order valence-electron chi connectivity index (χ0n) is 39.0. The second kappa shape index (κ2) is 21.4. The molecule has 3 aliphatic heterocycles. The summed E-state index contributed by atoms with van der Waals surface area (Å²) in [6.07, 6.45) is 0. The van der Waals surface area contributed by atoms with Gasteiger partial charge in [0.05, 0.1) is 30.9 Å². The molecule has 0 aromatic heterocycles. The fourth-order valence-corrected chi connectivity index (χ4v) is 9.61. The summed E-state index contributed by atoms with van der Waals surface area (Å²) in [5.41, 5.74) is 3.22. The molecule has 5 aromatic carbocycles. The number of nitrogens with one attached hydrogen (secondary N) is 1. The number of carboxylic acid groups (broad SMARTS) is 1. The Labute approximate surface area is 430 Å². The van der Waals surface area contributed by atoms with Gasteiger partial charge >= 0.3 is 18.0 Å². The summed E-state index contributed by atoms with van der Waals surface area (Å²) < 4.78 is 24.9. The van der Waals surface area contributed by atoms with Gasteiger partial charge in [0.1, 0.15) is 53.6 Å². The number of methoxy groups -OCH3 is 1. The molecule has 368 valence electrons. The number of carbonyl (C=O) groups excluding carboxylic acids is 3. The third-order valence-electron chi connectivity index (χ3n) is 12.6. The number of hydrogen-bond donors (Lipinski definition) is 3. The van der Waals surface area contributed by atoms with Gasteiger partial charge in [0, 0.05) is 81.9 Å². The molecule has 3 heterocycles. The molecule has 3 N–H and O–H groups in total. The van der Waals surface area contributed by atoms with Gasteiger partial charge in [-0.2, -0.15) is 0 Å². The minimum atomic E-state index is -1.26. The molecule has 9 rings (SSSR count). The van der Waals surface area contributed by atoms with Crippen molar-refractivity contribution in [3.63, 3.8) is 0 Å². The number of hydrogen-bond acceptors (Lipinski definition) is 12. The van der Waals surface area contributed by atoms with Crippen molar-refractivity contribution < 1.29 is 48.0 Å². The minimum absolute atomic E-state index is 0.0288. The van der Waals surface area contributed by atoms with Crippen molar-refractivity contribution in [2.24, 2.45) is 4.99 Å². The van der Waals surface area contributed by atoms with E-state index in [4.69, 9.17) is 23.6 Å². The molecule has 0 radical (unpaired) electrons. The van der Waals surface area contributed by atoms with E-state index in [9.17, 15) is 29.4 Å². The zero-order valence-corrected chi connectivity index (χ0v) is 42.1. The molecule has 2 atom stereocenters. The van der Waals surface area contributed by atoms with Crippen LogP contribution in [0.4, 0.5) is 4.79 Å². The number of aromatic carboxylic acids is 1. The monoisotopic (exact) mass is 1100 g/mol. The van der Waals surface area contributed by atoms with Crippen molar-refractivity contribution in [2.45, 2.75) is 19.0 Å². The van der Waals surface area contributed by atoms with Crippen molar-refractivity contribution in [3.8, 4) is 39.7 Å². The third-order valence-corrected chi connectivity index (χ3v) is 13.6. The molecule has 72 heavy (non-hydrogen) atoms. The lowest BCUT2D eigenvalue weighted by Gasteiger charge is -2.39. The highest BCUT2D eigenvalue weighted by atomic mass is 79.9. The predicted molar refractivity (Wildman–Crippen MR) is 276 cm³/mol. The number of ether oxygens (including phenoxy) is 3. The summed E-state index contributed by atoms with van der Waals surface area (Å²) >= 11 is 7.13. The topological polar surface area (TPSA) is 201 Å². The Balaban J connectivity index is 0.861. The molecule has 1 aliphatic carbocycles. The average Bonchev–Trinajstić information content (AvgIpc) is 3.77. The standard InChI is InChI=1S/C54H47Br2N5O11/c1-3-70-44-29-38(69-2)15-19-42(44)51-58-49(31-4-9-34(55)10-5-31)50(32-6-11-35(56)12-7-32)61(51)54(68)60-22-20-59(21-23-60)24-25-71-47(64)30-57-52(65)33-8-16-39(53(66)67)43(26-33)48-40-17-13-36(62)27-45(40)72-46-28-37(63)14-18-41(46)48/h4-19,26-29,49-50,62H,3,20-25,30H2,1-2H3,(H,57,65)(H,66,67)/t49-,50+/m0/s1. The van der Waals surface area contributed by atoms with E-state index in [1.165, 1.54) is 48.5 Å². The number of phenols is 1. The molecule has 0 unspecified atom stereocenters. The van der Waals surface area contributed by atoms with Gasteiger partial charge in [0.2, 0.25) is 0 Å². The summed E-state index contributed by atoms with van der Waals surface area (Å²) in [4.78, 5) is 77.3. The van der Waals surface area contributed by atoms with E-state index >= 15 is 4.79 Å². The lowest BCUT2D eigenvalue weighted by atomic mass is 9.89. The number of esters is 1. The average molecular weight is 1100 g/mol. The maximum absolute atomic E-state index is 15.1. The van der Waals surface area contributed by atoms with Crippen LogP contribution in [-0.4, -0.2) is 114 Å². The van der Waals surface area contributed by atoms with E-state index in [1.807, 2.05) is 72.5 Å². The first-order chi connectivity index (χ1) is 34.8. The van der Waals surface area contributed by atoms with Crippen LogP contribution in [0.2, 0.25) is 0 Å². The second-order valence-corrected chi connectivity index (χ2v) is 18.8. The number of aliphatic imine (C=N–C) groups is 1. The van der Waals surface area contributed by atoms with Crippen LogP contribution < -0.4 is 20.2 Å². The van der Waals surface area contributed by atoms with E-state index in [-0.39, 0.29) is 51.8 Å². The molecule has 0 saturated carbocycles. The van der Waals surface area contributed by atoms with Crippen molar-refractivity contribution in [2.75, 3.05) is 59.6 Å². The van der Waals surface area contributed by atoms with E-state index in [0.29, 0.717) is 78.7 Å². The normalized spacial score (nSPS) is 15.9. The predicted octanol–water partition coefficient (Wildman–Crippen LogP) is 9.16. The van der Waals surface area contributed by atoms with E-state index in [2.05, 4.69) is 42.1 Å². The zero-order chi connectivity index (χ0) is 50.6. The molecule has 0 bridgehead atoms. The first-order valence-corrected chi connectivity index (χ1v) is 24.6. The number of carboxylic acids is 1. The van der Waals surface area contributed by atoms with Gasteiger partial charge in [-0.05, 0) is 102 Å². The molecule has 5 aromatic rings. The maximum Gasteiger partial charge on any atom is 0.336 e. The van der Waals surface area contributed by atoms with Crippen LogP contribution in [0.5, 0.6) is 17.2 Å². The highest BCUT2D eigenvalue weighted by molar-refractivity contribution is 9.10. The van der Waals surface area contributed by atoms with Gasteiger partial charge in [-0.15, -0.1) is 0 Å². The van der Waals surface area contributed by atoms with E-state index in [1.54, 1.807) is 24.1 Å². The molecule has 1 saturated heterocycles. The molecular weight excluding hydrogens is 1050 g/mol. The number of rotatable bonds is 14. The Morgan fingerprint density at radius 2 is 1.51 bits per heavy atom. The number of fused-ring (bicyclic) bond motifs is 2. The summed E-state index contributed by atoms with van der Waals surface area (Å²) in [5, 5.41) is 23.4. The van der Waals surface area contributed by atoms with Crippen molar-refractivity contribution in [1.29, 1.82) is 0 Å². The summed E-state index contributed by atoms with van der Waals surface area (Å²) in [7, 11) is 1.59. The lowest BCUT2D eigenvalue weighted by Crippen LogP contribution is -2.54.